The van der Waals surface area contributed by atoms with Crippen LogP contribution in [0.15, 0.2) is 65.1 Å². The van der Waals surface area contributed by atoms with Gasteiger partial charge in [0.05, 0.1) is 17.8 Å². The van der Waals surface area contributed by atoms with Gasteiger partial charge in [0, 0.05) is 24.7 Å². The van der Waals surface area contributed by atoms with E-state index in [0.717, 1.165) is 5.69 Å². The number of hydrogen-bond acceptors (Lipinski definition) is 5. The number of carbonyl (C=O) groups is 2. The molecular formula is C19H17N5O2S. The molecule has 1 N–H and O–H groups in total. The maximum Gasteiger partial charge on any atom is 0.323 e. The molecule has 136 valence electrons. The molecule has 0 spiro atoms. The number of nitrogens with one attached hydrogen (secondary N) is 1. The van der Waals surface area contributed by atoms with Crippen molar-refractivity contribution in [1.82, 2.24) is 14.9 Å². The molecule has 0 radical (unpaired) electrons. The van der Waals surface area contributed by atoms with Gasteiger partial charge >= 0.3 is 6.03 Å². The second kappa shape index (κ2) is 7.55. The second-order valence-corrected chi connectivity index (χ2v) is 6.79. The van der Waals surface area contributed by atoms with Crippen molar-refractivity contribution in [3.63, 3.8) is 0 Å². The lowest BCUT2D eigenvalue weighted by Gasteiger charge is -2.08. The Bertz CT molecular complexity index is 1040. The number of carbonyl (C=O) groups excluding carboxylic acids is 2. The molecule has 7 nitrogen and oxygen atoms in total. The summed E-state index contributed by atoms with van der Waals surface area (Å²) in [5.41, 5.74) is 1.98. The van der Waals surface area contributed by atoms with Gasteiger partial charge in [-0.15, -0.1) is 11.3 Å². The average molecular weight is 379 g/mol. The van der Waals surface area contributed by atoms with Crippen molar-refractivity contribution in [2.45, 2.75) is 6.42 Å². The van der Waals surface area contributed by atoms with Crippen LogP contribution in [0.3, 0.4) is 0 Å². The van der Waals surface area contributed by atoms with Crippen LogP contribution in [0, 0.1) is 0 Å². The summed E-state index contributed by atoms with van der Waals surface area (Å²) in [6.07, 6.45) is 1.84. The smallest absolute Gasteiger partial charge is 0.323 e. The minimum absolute atomic E-state index is 0.131. The van der Waals surface area contributed by atoms with Crippen LogP contribution in [0.2, 0.25) is 0 Å². The summed E-state index contributed by atoms with van der Waals surface area (Å²) in [5, 5.41) is 5.17. The number of nitrogens with zero attached hydrogens (tertiary/aromatic N) is 4. The largest absolute Gasteiger partial charge is 0.336 e. The molecule has 1 aliphatic rings. The minimum atomic E-state index is -0.149. The molecule has 1 saturated heterocycles. The molecule has 1 aromatic carbocycles. The van der Waals surface area contributed by atoms with Crippen LogP contribution < -0.4 is 15.7 Å². The lowest BCUT2D eigenvalue weighted by atomic mass is 10.3. The van der Waals surface area contributed by atoms with E-state index in [0.29, 0.717) is 29.4 Å². The zero-order valence-electron chi connectivity index (χ0n) is 14.4. The Balaban J connectivity index is 1.57. The van der Waals surface area contributed by atoms with Gasteiger partial charge in [-0.05, 0) is 24.3 Å². The Morgan fingerprint density at radius 3 is 2.78 bits per heavy atom. The summed E-state index contributed by atoms with van der Waals surface area (Å²) in [6.45, 7) is 1.20. The van der Waals surface area contributed by atoms with E-state index in [-0.39, 0.29) is 18.4 Å². The van der Waals surface area contributed by atoms with Crippen molar-refractivity contribution in [2.24, 2.45) is 4.99 Å². The highest BCUT2D eigenvalue weighted by Crippen LogP contribution is 2.22. The summed E-state index contributed by atoms with van der Waals surface area (Å²) in [7, 11) is 0. The van der Waals surface area contributed by atoms with Crippen LogP contribution in [0.4, 0.5) is 15.6 Å². The van der Waals surface area contributed by atoms with Crippen molar-refractivity contribution in [1.29, 1.82) is 0 Å². The number of thiazole rings is 1. The van der Waals surface area contributed by atoms with E-state index in [9.17, 15) is 9.59 Å². The van der Waals surface area contributed by atoms with E-state index >= 15 is 0 Å². The normalized spacial score (nSPS) is 14.4. The van der Waals surface area contributed by atoms with Gasteiger partial charge in [0.1, 0.15) is 5.49 Å². The number of anilines is 1. The third-order valence-corrected chi connectivity index (χ3v) is 4.98. The summed E-state index contributed by atoms with van der Waals surface area (Å²) in [4.78, 5) is 35.1. The van der Waals surface area contributed by atoms with Crippen molar-refractivity contribution in [2.75, 3.05) is 18.0 Å². The molecule has 1 fully saturated rings. The predicted molar refractivity (Wildman–Crippen MR) is 103 cm³/mol. The van der Waals surface area contributed by atoms with Crippen LogP contribution in [-0.4, -0.2) is 34.6 Å². The number of amides is 2. The van der Waals surface area contributed by atoms with Crippen LogP contribution >= 0.6 is 11.3 Å². The first-order valence-corrected chi connectivity index (χ1v) is 9.39. The Hall–Kier alpha value is -3.26. The molecule has 0 unspecified atom stereocenters. The van der Waals surface area contributed by atoms with Gasteiger partial charge in [-0.1, -0.05) is 24.3 Å². The number of hydrogen-bond donors (Lipinski definition) is 1. The zero-order chi connectivity index (χ0) is 18.6. The van der Waals surface area contributed by atoms with Crippen molar-refractivity contribution < 1.29 is 9.59 Å². The lowest BCUT2D eigenvalue weighted by Crippen LogP contribution is -2.28. The highest BCUT2D eigenvalue weighted by atomic mass is 32.1. The van der Waals surface area contributed by atoms with Gasteiger partial charge < -0.3 is 5.32 Å². The first-order valence-electron chi connectivity index (χ1n) is 8.51. The van der Waals surface area contributed by atoms with E-state index in [1.54, 1.807) is 23.2 Å². The molecule has 3 heterocycles. The Morgan fingerprint density at radius 2 is 2.00 bits per heavy atom. The van der Waals surface area contributed by atoms with Gasteiger partial charge in [-0.25, -0.2) is 14.8 Å². The predicted octanol–water partition coefficient (Wildman–Crippen LogP) is 2.59. The SMILES string of the molecule is O=C1NCCN1c1nc(CC(=O)n2ccccc2=Nc2ccccc2)cs1. The van der Waals surface area contributed by atoms with E-state index in [2.05, 4.69) is 15.3 Å². The minimum Gasteiger partial charge on any atom is -0.336 e. The van der Waals surface area contributed by atoms with Crippen molar-refractivity contribution in [3.8, 4) is 0 Å². The zero-order valence-corrected chi connectivity index (χ0v) is 15.2. The van der Waals surface area contributed by atoms with Gasteiger partial charge in [-0.2, -0.15) is 0 Å². The van der Waals surface area contributed by atoms with E-state index in [4.69, 9.17) is 0 Å². The molecular weight excluding hydrogens is 362 g/mol. The molecule has 3 aromatic rings. The fourth-order valence-corrected chi connectivity index (χ4v) is 3.62. The monoisotopic (exact) mass is 379 g/mol. The van der Waals surface area contributed by atoms with Crippen LogP contribution in [-0.2, 0) is 6.42 Å². The van der Waals surface area contributed by atoms with Gasteiger partial charge in [0.25, 0.3) is 0 Å². The molecule has 2 aromatic heterocycles. The maximum absolute atomic E-state index is 12.8. The molecule has 4 rings (SSSR count). The summed E-state index contributed by atoms with van der Waals surface area (Å²) in [5.74, 6) is -0.131. The Morgan fingerprint density at radius 1 is 1.19 bits per heavy atom. The highest BCUT2D eigenvalue weighted by molar-refractivity contribution is 7.14. The van der Waals surface area contributed by atoms with Gasteiger partial charge in [0.15, 0.2) is 5.13 Å². The first-order chi connectivity index (χ1) is 13.2. The van der Waals surface area contributed by atoms with Crippen LogP contribution in [0.25, 0.3) is 0 Å². The molecule has 27 heavy (non-hydrogen) atoms. The first kappa shape index (κ1) is 17.2. The third kappa shape index (κ3) is 3.80. The topological polar surface area (TPSA) is 79.6 Å². The number of aromatic nitrogens is 2. The number of urea groups is 1. The number of para-hydroxylation sites is 1. The lowest BCUT2D eigenvalue weighted by molar-refractivity contribution is 0.0908. The van der Waals surface area contributed by atoms with Gasteiger partial charge in [-0.3, -0.25) is 14.3 Å². The van der Waals surface area contributed by atoms with Crippen molar-refractivity contribution >= 4 is 34.1 Å². The average Bonchev–Trinajstić information content (AvgIpc) is 3.31. The fourth-order valence-electron chi connectivity index (χ4n) is 2.77. The van der Waals surface area contributed by atoms with Gasteiger partial charge in [0.2, 0.25) is 5.91 Å². The van der Waals surface area contributed by atoms with E-state index < -0.39 is 0 Å². The number of benzene rings is 1. The second-order valence-electron chi connectivity index (χ2n) is 5.95. The van der Waals surface area contributed by atoms with Crippen molar-refractivity contribution in [3.05, 3.63) is 71.3 Å². The Kier molecular flexibility index (Phi) is 4.80. The molecule has 1 aliphatic heterocycles. The molecule has 8 heteroatoms. The third-order valence-electron chi connectivity index (χ3n) is 4.07. The standard InChI is InChI=1S/C19H17N5O2S/c25-17(12-15-13-27-19(22-15)24-11-9-20-18(24)26)23-10-5-4-8-16(23)21-14-6-2-1-3-7-14/h1-8,10,13H,9,11-12H2,(H,20,26). The molecule has 0 atom stereocenters. The van der Waals surface area contributed by atoms with Crippen LogP contribution in [0.1, 0.15) is 10.5 Å². The number of pyridine rings is 1. The molecule has 2 amide bonds. The Labute approximate surface area is 159 Å². The molecule has 0 saturated carbocycles. The quantitative estimate of drug-likeness (QED) is 0.757. The fraction of sp³-hybridized carbons (Fsp3) is 0.158. The highest BCUT2D eigenvalue weighted by Gasteiger charge is 2.24. The maximum atomic E-state index is 12.8. The summed E-state index contributed by atoms with van der Waals surface area (Å²) in [6, 6.07) is 14.8. The summed E-state index contributed by atoms with van der Waals surface area (Å²) >= 11 is 1.36. The molecule has 0 bridgehead atoms. The molecule has 0 aliphatic carbocycles. The number of rotatable bonds is 4. The van der Waals surface area contributed by atoms with E-state index in [1.807, 2.05) is 41.8 Å². The van der Waals surface area contributed by atoms with Crippen LogP contribution in [0.5, 0.6) is 0 Å². The summed E-state index contributed by atoms with van der Waals surface area (Å²) < 4.78 is 1.52. The van der Waals surface area contributed by atoms with E-state index in [1.165, 1.54) is 15.9 Å².